The Morgan fingerprint density at radius 1 is 1.44 bits per heavy atom. The molecule has 2 rings (SSSR count). The molecular formula is C12H14BrN3O2. The number of carbonyl (C=O) groups is 1. The number of nitrogens with zero attached hydrogens (tertiary/aromatic N) is 1. The molecule has 2 N–H and O–H groups in total. The molecule has 0 saturated heterocycles. The standard InChI is InChI=1S/C12H14BrN3O2/c1-12(2,3)18-11(17)16-10-14-8-6-4-5-7(13)9(8)15-10/h4-6H,1-3H3,(H2,14,15,16,17). The van der Waals surface area contributed by atoms with Crippen LogP contribution in [0.5, 0.6) is 0 Å². The van der Waals surface area contributed by atoms with E-state index in [0.717, 1.165) is 15.5 Å². The molecule has 1 aromatic carbocycles. The fraction of sp³-hybridized carbons (Fsp3) is 0.333. The van der Waals surface area contributed by atoms with Crippen LogP contribution in [0.25, 0.3) is 11.0 Å². The Kier molecular flexibility index (Phi) is 3.30. The molecule has 1 aromatic heterocycles. The number of amides is 1. The molecule has 1 amide bonds. The average Bonchev–Trinajstić information content (AvgIpc) is 2.58. The third kappa shape index (κ3) is 3.01. The molecule has 0 atom stereocenters. The number of aromatic nitrogens is 2. The highest BCUT2D eigenvalue weighted by molar-refractivity contribution is 9.10. The number of hydrogen-bond donors (Lipinski definition) is 2. The van der Waals surface area contributed by atoms with Crippen molar-refractivity contribution in [2.24, 2.45) is 0 Å². The van der Waals surface area contributed by atoms with E-state index in [1.807, 2.05) is 39.0 Å². The van der Waals surface area contributed by atoms with Crippen LogP contribution in [0.15, 0.2) is 22.7 Å². The maximum absolute atomic E-state index is 11.6. The Hall–Kier alpha value is -1.56. The number of ether oxygens (including phenoxy) is 1. The van der Waals surface area contributed by atoms with Crippen LogP contribution in [-0.4, -0.2) is 21.7 Å². The van der Waals surface area contributed by atoms with Gasteiger partial charge >= 0.3 is 6.09 Å². The van der Waals surface area contributed by atoms with E-state index in [1.54, 1.807) is 0 Å². The van der Waals surface area contributed by atoms with Crippen molar-refractivity contribution in [2.45, 2.75) is 26.4 Å². The molecule has 0 radical (unpaired) electrons. The van der Waals surface area contributed by atoms with E-state index in [-0.39, 0.29) is 0 Å². The van der Waals surface area contributed by atoms with Crippen molar-refractivity contribution in [3.05, 3.63) is 22.7 Å². The van der Waals surface area contributed by atoms with Gasteiger partial charge in [-0.25, -0.2) is 9.78 Å². The van der Waals surface area contributed by atoms with E-state index >= 15 is 0 Å². The molecule has 0 aliphatic rings. The molecule has 18 heavy (non-hydrogen) atoms. The van der Waals surface area contributed by atoms with Gasteiger partial charge < -0.3 is 9.72 Å². The molecule has 0 aliphatic heterocycles. The largest absolute Gasteiger partial charge is 0.444 e. The summed E-state index contributed by atoms with van der Waals surface area (Å²) < 4.78 is 6.04. The third-order valence-corrected chi connectivity index (χ3v) is 2.75. The van der Waals surface area contributed by atoms with E-state index < -0.39 is 11.7 Å². The molecule has 0 spiro atoms. The lowest BCUT2D eigenvalue weighted by molar-refractivity contribution is 0.0635. The number of H-pyrrole nitrogens is 1. The van der Waals surface area contributed by atoms with Gasteiger partial charge in [-0.1, -0.05) is 6.07 Å². The Labute approximate surface area is 113 Å². The maximum Gasteiger partial charge on any atom is 0.414 e. The monoisotopic (exact) mass is 311 g/mol. The minimum atomic E-state index is -0.531. The third-order valence-electron chi connectivity index (χ3n) is 2.09. The normalized spacial score (nSPS) is 11.6. The second-order valence-electron chi connectivity index (χ2n) is 4.85. The van der Waals surface area contributed by atoms with Crippen LogP contribution >= 0.6 is 15.9 Å². The smallest absolute Gasteiger partial charge is 0.414 e. The molecule has 0 aliphatic carbocycles. The van der Waals surface area contributed by atoms with Crippen molar-refractivity contribution in [2.75, 3.05) is 5.32 Å². The van der Waals surface area contributed by atoms with Crippen molar-refractivity contribution in [3.63, 3.8) is 0 Å². The van der Waals surface area contributed by atoms with Crippen molar-refractivity contribution >= 4 is 39.0 Å². The quantitative estimate of drug-likeness (QED) is 0.844. The molecule has 2 aromatic rings. The number of nitrogens with one attached hydrogen (secondary N) is 2. The summed E-state index contributed by atoms with van der Waals surface area (Å²) >= 11 is 3.41. The summed E-state index contributed by atoms with van der Waals surface area (Å²) in [7, 11) is 0. The van der Waals surface area contributed by atoms with Crippen LogP contribution in [0.2, 0.25) is 0 Å². The number of hydrogen-bond acceptors (Lipinski definition) is 3. The second-order valence-corrected chi connectivity index (χ2v) is 5.70. The minimum absolute atomic E-state index is 0.367. The summed E-state index contributed by atoms with van der Waals surface area (Å²) in [4.78, 5) is 18.8. The van der Waals surface area contributed by atoms with Crippen LogP contribution in [0.4, 0.5) is 10.7 Å². The van der Waals surface area contributed by atoms with E-state index in [2.05, 4.69) is 31.2 Å². The number of fused-ring (bicyclic) bond motifs is 1. The molecule has 6 heteroatoms. The van der Waals surface area contributed by atoms with E-state index in [0.29, 0.717) is 5.95 Å². The predicted octanol–water partition coefficient (Wildman–Crippen LogP) is 3.67. The first-order chi connectivity index (χ1) is 8.35. The lowest BCUT2D eigenvalue weighted by atomic mass is 10.2. The topological polar surface area (TPSA) is 67.0 Å². The molecule has 1 heterocycles. The minimum Gasteiger partial charge on any atom is -0.444 e. The van der Waals surface area contributed by atoms with Gasteiger partial charge in [0.1, 0.15) is 5.60 Å². The number of anilines is 1. The Balaban J connectivity index is 2.18. The van der Waals surface area contributed by atoms with Gasteiger partial charge in [0.2, 0.25) is 5.95 Å². The summed E-state index contributed by atoms with van der Waals surface area (Å²) in [5, 5.41) is 2.57. The van der Waals surface area contributed by atoms with Crippen LogP contribution in [0.1, 0.15) is 20.8 Å². The number of aromatic amines is 1. The molecule has 0 unspecified atom stereocenters. The molecule has 0 fully saturated rings. The number of carbonyl (C=O) groups excluding carboxylic acids is 1. The van der Waals surface area contributed by atoms with E-state index in [9.17, 15) is 4.79 Å². The fourth-order valence-electron chi connectivity index (χ4n) is 1.46. The highest BCUT2D eigenvalue weighted by Crippen LogP contribution is 2.23. The highest BCUT2D eigenvalue weighted by atomic mass is 79.9. The average molecular weight is 312 g/mol. The number of halogens is 1. The Bertz CT molecular complexity index is 587. The van der Waals surface area contributed by atoms with Crippen molar-refractivity contribution in [1.82, 2.24) is 9.97 Å². The first-order valence-corrected chi connectivity index (χ1v) is 6.29. The summed E-state index contributed by atoms with van der Waals surface area (Å²) in [6.45, 7) is 5.42. The zero-order valence-corrected chi connectivity index (χ0v) is 12.0. The van der Waals surface area contributed by atoms with Gasteiger partial charge in [0.25, 0.3) is 0 Å². The molecular weight excluding hydrogens is 298 g/mol. The van der Waals surface area contributed by atoms with Crippen LogP contribution in [0, 0.1) is 0 Å². The number of imidazole rings is 1. The summed E-state index contributed by atoms with van der Waals surface area (Å²) in [5.74, 6) is 0.367. The van der Waals surface area contributed by atoms with E-state index in [1.165, 1.54) is 0 Å². The van der Waals surface area contributed by atoms with Crippen LogP contribution < -0.4 is 5.32 Å². The van der Waals surface area contributed by atoms with Gasteiger partial charge in [-0.3, -0.25) is 5.32 Å². The SMILES string of the molecule is CC(C)(C)OC(=O)Nc1nc2cccc(Br)c2[nH]1. The fourth-order valence-corrected chi connectivity index (χ4v) is 1.91. The second kappa shape index (κ2) is 4.61. The summed E-state index contributed by atoms with van der Waals surface area (Å²) in [6, 6.07) is 5.64. The molecule has 0 bridgehead atoms. The summed E-state index contributed by atoms with van der Waals surface area (Å²) in [6.07, 6.45) is -0.530. The van der Waals surface area contributed by atoms with Crippen molar-refractivity contribution < 1.29 is 9.53 Å². The number of rotatable bonds is 1. The van der Waals surface area contributed by atoms with Gasteiger partial charge in [-0.05, 0) is 48.8 Å². The van der Waals surface area contributed by atoms with Crippen molar-refractivity contribution in [1.29, 1.82) is 0 Å². The molecule has 0 saturated carbocycles. The van der Waals surface area contributed by atoms with Gasteiger partial charge in [0.05, 0.1) is 11.0 Å². The summed E-state index contributed by atoms with van der Waals surface area (Å²) in [5.41, 5.74) is 1.08. The first-order valence-electron chi connectivity index (χ1n) is 5.49. The van der Waals surface area contributed by atoms with Crippen molar-refractivity contribution in [3.8, 4) is 0 Å². The molecule has 5 nitrogen and oxygen atoms in total. The first kappa shape index (κ1) is 12.9. The number of para-hydroxylation sites is 1. The van der Waals surface area contributed by atoms with Gasteiger partial charge in [-0.15, -0.1) is 0 Å². The lowest BCUT2D eigenvalue weighted by Gasteiger charge is -2.18. The van der Waals surface area contributed by atoms with Gasteiger partial charge in [0, 0.05) is 4.47 Å². The maximum atomic E-state index is 11.6. The van der Waals surface area contributed by atoms with Gasteiger partial charge in [0.15, 0.2) is 0 Å². The van der Waals surface area contributed by atoms with E-state index in [4.69, 9.17) is 4.74 Å². The predicted molar refractivity (Wildman–Crippen MR) is 73.7 cm³/mol. The lowest BCUT2D eigenvalue weighted by Crippen LogP contribution is -2.27. The zero-order chi connectivity index (χ0) is 13.3. The molecule has 96 valence electrons. The highest BCUT2D eigenvalue weighted by Gasteiger charge is 2.17. The van der Waals surface area contributed by atoms with Crippen LogP contribution in [-0.2, 0) is 4.74 Å². The van der Waals surface area contributed by atoms with Gasteiger partial charge in [-0.2, -0.15) is 0 Å². The Morgan fingerprint density at radius 3 is 2.78 bits per heavy atom. The zero-order valence-electron chi connectivity index (χ0n) is 10.4. The number of benzene rings is 1. The van der Waals surface area contributed by atoms with Crippen LogP contribution in [0.3, 0.4) is 0 Å². The Morgan fingerprint density at radius 2 is 2.17 bits per heavy atom.